The van der Waals surface area contributed by atoms with E-state index in [1.807, 2.05) is 43.3 Å². The number of aliphatic hydroxyl groups is 1. The van der Waals surface area contributed by atoms with Crippen LogP contribution >= 0.6 is 38.9 Å². The Labute approximate surface area is 118 Å². The van der Waals surface area contributed by atoms with Crippen molar-refractivity contribution in [2.24, 2.45) is 0 Å². The van der Waals surface area contributed by atoms with Gasteiger partial charge in [0.1, 0.15) is 0 Å². The van der Waals surface area contributed by atoms with Crippen LogP contribution in [-0.4, -0.2) is 5.11 Å². The molecule has 1 nitrogen and oxygen atoms in total. The molecule has 2 rings (SSSR count). The summed E-state index contributed by atoms with van der Waals surface area (Å²) >= 11 is 11.0. The molecule has 2 aromatic rings. The van der Waals surface area contributed by atoms with Gasteiger partial charge in [-0.2, -0.15) is 0 Å². The highest BCUT2D eigenvalue weighted by atomic mass is 79.9. The van der Waals surface area contributed by atoms with Crippen LogP contribution in [0.3, 0.4) is 0 Å². The minimum Gasteiger partial charge on any atom is -0.385 e. The second kappa shape index (κ2) is 5.11. The van der Waals surface area contributed by atoms with E-state index in [1.54, 1.807) is 11.3 Å². The van der Waals surface area contributed by atoms with Crippen LogP contribution in [0.15, 0.2) is 40.2 Å². The molecule has 1 N–H and O–H groups in total. The molecule has 17 heavy (non-hydrogen) atoms. The van der Waals surface area contributed by atoms with Crippen molar-refractivity contribution in [1.82, 2.24) is 0 Å². The molecule has 1 unspecified atom stereocenters. The summed E-state index contributed by atoms with van der Waals surface area (Å²) < 4.78 is 1.08. The first-order valence-electron chi connectivity index (χ1n) is 5.20. The Kier molecular flexibility index (Phi) is 3.93. The minimum absolute atomic E-state index is 0.587. The van der Waals surface area contributed by atoms with Gasteiger partial charge in [-0.05, 0) is 52.7 Å². The smallest absolute Gasteiger partial charge is 0.0917 e. The quantitative estimate of drug-likeness (QED) is 0.870. The summed E-state index contributed by atoms with van der Waals surface area (Å²) in [5.41, 5.74) is -0.0515. The molecule has 0 aliphatic heterocycles. The van der Waals surface area contributed by atoms with Crippen LogP contribution < -0.4 is 0 Å². The van der Waals surface area contributed by atoms with Crippen LogP contribution in [0.5, 0.6) is 0 Å². The second-order valence-corrected chi connectivity index (χ2v) is 7.15. The van der Waals surface area contributed by atoms with Crippen molar-refractivity contribution in [3.63, 3.8) is 0 Å². The molecule has 0 aliphatic rings. The van der Waals surface area contributed by atoms with E-state index in [1.165, 1.54) is 0 Å². The van der Waals surface area contributed by atoms with Gasteiger partial charge in [0.25, 0.3) is 0 Å². The van der Waals surface area contributed by atoms with Crippen LogP contribution in [0.2, 0.25) is 5.02 Å². The fourth-order valence-corrected chi connectivity index (χ4v) is 3.53. The Bertz CT molecular complexity index is 522. The topological polar surface area (TPSA) is 20.2 Å². The van der Waals surface area contributed by atoms with Crippen molar-refractivity contribution in [3.05, 3.63) is 55.6 Å². The average molecular weight is 332 g/mol. The van der Waals surface area contributed by atoms with Gasteiger partial charge in [-0.25, -0.2) is 0 Å². The lowest BCUT2D eigenvalue weighted by Gasteiger charge is -2.23. The molecule has 1 aromatic heterocycles. The Morgan fingerprint density at radius 3 is 2.71 bits per heavy atom. The van der Waals surface area contributed by atoms with Crippen LogP contribution in [0, 0.1) is 0 Å². The Morgan fingerprint density at radius 2 is 2.12 bits per heavy atom. The molecule has 1 aromatic carbocycles. The molecule has 0 amide bonds. The zero-order valence-electron chi connectivity index (χ0n) is 9.28. The molecule has 0 bridgehead atoms. The van der Waals surface area contributed by atoms with Crippen LogP contribution in [0.4, 0.5) is 0 Å². The van der Waals surface area contributed by atoms with E-state index in [2.05, 4.69) is 15.9 Å². The molecular weight excluding hydrogens is 320 g/mol. The number of hydrogen-bond donors (Lipinski definition) is 1. The lowest BCUT2D eigenvalue weighted by molar-refractivity contribution is 0.0585. The molecule has 0 fully saturated rings. The van der Waals surface area contributed by atoms with Gasteiger partial charge in [0.15, 0.2) is 0 Å². The normalized spacial score (nSPS) is 14.6. The zero-order valence-corrected chi connectivity index (χ0v) is 12.4. The van der Waals surface area contributed by atoms with E-state index >= 15 is 0 Å². The van der Waals surface area contributed by atoms with Gasteiger partial charge in [-0.1, -0.05) is 23.7 Å². The van der Waals surface area contributed by atoms with E-state index < -0.39 is 5.60 Å². The van der Waals surface area contributed by atoms with Gasteiger partial charge >= 0.3 is 0 Å². The van der Waals surface area contributed by atoms with Crippen molar-refractivity contribution in [2.75, 3.05) is 0 Å². The third-order valence-corrected chi connectivity index (χ3v) is 4.45. The van der Waals surface area contributed by atoms with Crippen molar-refractivity contribution < 1.29 is 5.11 Å². The molecule has 0 saturated carbocycles. The molecular formula is C13H12BrClOS. The van der Waals surface area contributed by atoms with Crippen molar-refractivity contribution in [2.45, 2.75) is 18.9 Å². The maximum Gasteiger partial charge on any atom is 0.0917 e. The lowest BCUT2D eigenvalue weighted by Crippen LogP contribution is -2.23. The van der Waals surface area contributed by atoms with Gasteiger partial charge in [0.2, 0.25) is 0 Å². The first-order valence-corrected chi connectivity index (χ1v) is 7.19. The predicted octanol–water partition coefficient (Wildman–Crippen LogP) is 4.61. The third kappa shape index (κ3) is 3.32. The van der Waals surface area contributed by atoms with Gasteiger partial charge < -0.3 is 5.11 Å². The Hall–Kier alpha value is -0.350. The Balaban J connectivity index is 2.24. The first-order chi connectivity index (χ1) is 7.97. The monoisotopic (exact) mass is 330 g/mol. The lowest BCUT2D eigenvalue weighted by atomic mass is 9.92. The molecule has 0 spiro atoms. The SMILES string of the molecule is CC(O)(Cc1ccc(Br)s1)c1cccc(Cl)c1. The summed E-state index contributed by atoms with van der Waals surface area (Å²) in [7, 11) is 0. The average Bonchev–Trinajstić information content (AvgIpc) is 2.63. The van der Waals surface area contributed by atoms with Gasteiger partial charge in [-0.3, -0.25) is 0 Å². The summed E-state index contributed by atoms with van der Waals surface area (Å²) in [6.07, 6.45) is 0.587. The predicted molar refractivity (Wildman–Crippen MR) is 76.7 cm³/mol. The van der Waals surface area contributed by atoms with Gasteiger partial charge in [0, 0.05) is 16.3 Å². The van der Waals surface area contributed by atoms with Crippen LogP contribution in [0.25, 0.3) is 0 Å². The highest BCUT2D eigenvalue weighted by molar-refractivity contribution is 9.11. The van der Waals surface area contributed by atoms with Gasteiger partial charge in [-0.15, -0.1) is 11.3 Å². The number of hydrogen-bond acceptors (Lipinski definition) is 2. The van der Waals surface area contributed by atoms with E-state index in [-0.39, 0.29) is 0 Å². The summed E-state index contributed by atoms with van der Waals surface area (Å²) in [5, 5.41) is 11.2. The van der Waals surface area contributed by atoms with Crippen molar-refractivity contribution in [1.29, 1.82) is 0 Å². The molecule has 4 heteroatoms. The number of benzene rings is 1. The van der Waals surface area contributed by atoms with Crippen LogP contribution in [0.1, 0.15) is 17.4 Å². The fourth-order valence-electron chi connectivity index (χ4n) is 1.71. The number of thiophene rings is 1. The van der Waals surface area contributed by atoms with Gasteiger partial charge in [0.05, 0.1) is 9.39 Å². The first kappa shape index (κ1) is 13.1. The molecule has 0 aliphatic carbocycles. The maximum absolute atomic E-state index is 10.5. The number of halogens is 2. The summed E-state index contributed by atoms with van der Waals surface area (Å²) in [4.78, 5) is 1.14. The second-order valence-electron chi connectivity index (χ2n) is 4.17. The molecule has 0 radical (unpaired) electrons. The van der Waals surface area contributed by atoms with E-state index in [4.69, 9.17) is 11.6 Å². The third-order valence-electron chi connectivity index (χ3n) is 2.59. The maximum atomic E-state index is 10.5. The van der Waals surface area contributed by atoms with E-state index in [0.29, 0.717) is 11.4 Å². The van der Waals surface area contributed by atoms with Crippen LogP contribution in [-0.2, 0) is 12.0 Å². The molecule has 1 heterocycles. The number of rotatable bonds is 3. The zero-order chi connectivity index (χ0) is 12.5. The fraction of sp³-hybridized carbons (Fsp3) is 0.231. The van der Waals surface area contributed by atoms with E-state index in [0.717, 1.165) is 14.2 Å². The highest BCUT2D eigenvalue weighted by Gasteiger charge is 2.24. The molecule has 0 saturated heterocycles. The standard InChI is InChI=1S/C13H12BrClOS/c1-13(16,8-11-5-6-12(14)17-11)9-3-2-4-10(15)7-9/h2-7,16H,8H2,1H3. The summed E-state index contributed by atoms with van der Waals surface area (Å²) in [6, 6.07) is 11.4. The largest absolute Gasteiger partial charge is 0.385 e. The summed E-state index contributed by atoms with van der Waals surface area (Å²) in [6.45, 7) is 1.81. The highest BCUT2D eigenvalue weighted by Crippen LogP contribution is 2.31. The molecule has 1 atom stereocenters. The van der Waals surface area contributed by atoms with Crippen molar-refractivity contribution in [3.8, 4) is 0 Å². The van der Waals surface area contributed by atoms with Crippen molar-refractivity contribution >= 4 is 38.9 Å². The minimum atomic E-state index is -0.894. The Morgan fingerprint density at radius 1 is 1.35 bits per heavy atom. The van der Waals surface area contributed by atoms with E-state index in [9.17, 15) is 5.11 Å². The molecule has 90 valence electrons. The summed E-state index contributed by atoms with van der Waals surface area (Å²) in [5.74, 6) is 0.